The molecule has 0 aliphatic carbocycles. The number of imidazole rings is 1. The van der Waals surface area contributed by atoms with E-state index in [1.807, 2.05) is 18.2 Å². The maximum atomic E-state index is 5.98. The Hall–Kier alpha value is -2.00. The predicted molar refractivity (Wildman–Crippen MR) is 89.5 cm³/mol. The molecule has 0 saturated heterocycles. The summed E-state index contributed by atoms with van der Waals surface area (Å²) in [6, 6.07) is 14.0. The first kappa shape index (κ1) is 14.0. The lowest BCUT2D eigenvalue weighted by Gasteiger charge is -2.19. The Bertz CT molecular complexity index is 767. The van der Waals surface area contributed by atoms with E-state index in [4.69, 9.17) is 11.6 Å². The van der Waals surface area contributed by atoms with Crippen LogP contribution in [0.5, 0.6) is 0 Å². The van der Waals surface area contributed by atoms with Crippen molar-refractivity contribution < 1.29 is 0 Å². The number of fused-ring (bicyclic) bond motifs is 1. The maximum Gasteiger partial charge on any atom is 0.205 e. The van der Waals surface area contributed by atoms with Gasteiger partial charge in [-0.1, -0.05) is 44.5 Å². The Balaban J connectivity index is 1.84. The normalized spacial score (nSPS) is 11.8. The molecule has 3 rings (SSSR count). The van der Waals surface area contributed by atoms with Gasteiger partial charge >= 0.3 is 0 Å². The number of benzene rings is 2. The third kappa shape index (κ3) is 3.03. The number of nitrogens with one attached hydrogen (secondary N) is 2. The van der Waals surface area contributed by atoms with Crippen LogP contribution < -0.4 is 5.32 Å². The molecular formula is C17H18ClN3. The van der Waals surface area contributed by atoms with Crippen LogP contribution in [0.15, 0.2) is 42.5 Å². The van der Waals surface area contributed by atoms with Crippen molar-refractivity contribution in [2.75, 3.05) is 5.32 Å². The van der Waals surface area contributed by atoms with Crippen LogP contribution in [0.4, 0.5) is 11.6 Å². The van der Waals surface area contributed by atoms with E-state index in [-0.39, 0.29) is 5.41 Å². The molecule has 21 heavy (non-hydrogen) atoms. The topological polar surface area (TPSA) is 40.7 Å². The Morgan fingerprint density at radius 2 is 1.76 bits per heavy atom. The fourth-order valence-corrected chi connectivity index (χ4v) is 2.40. The van der Waals surface area contributed by atoms with Crippen molar-refractivity contribution in [3.8, 4) is 0 Å². The molecule has 2 aromatic carbocycles. The summed E-state index contributed by atoms with van der Waals surface area (Å²) < 4.78 is 0. The number of nitrogens with zero attached hydrogens (tertiary/aromatic N) is 1. The van der Waals surface area contributed by atoms with E-state index in [0.717, 1.165) is 22.7 Å². The number of H-pyrrole nitrogens is 1. The first-order chi connectivity index (χ1) is 9.91. The molecule has 0 saturated carbocycles. The Labute approximate surface area is 129 Å². The quantitative estimate of drug-likeness (QED) is 0.678. The molecule has 0 aliphatic heterocycles. The van der Waals surface area contributed by atoms with Gasteiger partial charge in [-0.25, -0.2) is 4.98 Å². The van der Waals surface area contributed by atoms with Gasteiger partial charge in [0.1, 0.15) is 0 Å². The van der Waals surface area contributed by atoms with Crippen LogP contribution in [-0.2, 0) is 5.41 Å². The largest absolute Gasteiger partial charge is 0.326 e. The smallest absolute Gasteiger partial charge is 0.205 e. The summed E-state index contributed by atoms with van der Waals surface area (Å²) in [7, 11) is 0. The van der Waals surface area contributed by atoms with Crippen molar-refractivity contribution in [1.29, 1.82) is 0 Å². The van der Waals surface area contributed by atoms with Gasteiger partial charge in [-0.05, 0) is 41.3 Å². The van der Waals surface area contributed by atoms with E-state index in [1.165, 1.54) is 5.56 Å². The van der Waals surface area contributed by atoms with Gasteiger partial charge in [0, 0.05) is 10.7 Å². The van der Waals surface area contributed by atoms with Gasteiger partial charge in [0.25, 0.3) is 0 Å². The standard InChI is InChI=1S/C17H18ClN3/c1-17(2,3)11-4-7-13(8-5-11)19-16-20-14-9-6-12(18)10-15(14)21-16/h4-10H,1-3H3,(H2,19,20,21). The SMILES string of the molecule is CC(C)(C)c1ccc(Nc2nc3ccc(Cl)cc3[nH]2)cc1. The lowest BCUT2D eigenvalue weighted by molar-refractivity contribution is 0.590. The second-order valence-corrected chi connectivity index (χ2v) is 6.64. The van der Waals surface area contributed by atoms with E-state index >= 15 is 0 Å². The number of halogens is 1. The molecule has 4 heteroatoms. The summed E-state index contributed by atoms with van der Waals surface area (Å²) in [5, 5.41) is 3.98. The zero-order valence-corrected chi connectivity index (χ0v) is 13.1. The zero-order valence-electron chi connectivity index (χ0n) is 12.4. The van der Waals surface area contributed by atoms with Gasteiger partial charge in [-0.15, -0.1) is 0 Å². The van der Waals surface area contributed by atoms with Gasteiger partial charge in [0.2, 0.25) is 5.95 Å². The average Bonchev–Trinajstić information content (AvgIpc) is 2.79. The molecule has 3 nitrogen and oxygen atoms in total. The van der Waals surface area contributed by atoms with Crippen molar-refractivity contribution in [1.82, 2.24) is 9.97 Å². The number of hydrogen-bond acceptors (Lipinski definition) is 2. The minimum Gasteiger partial charge on any atom is -0.326 e. The van der Waals surface area contributed by atoms with E-state index in [1.54, 1.807) is 0 Å². The molecule has 0 spiro atoms. The molecule has 108 valence electrons. The number of anilines is 2. The highest BCUT2D eigenvalue weighted by atomic mass is 35.5. The molecule has 0 aliphatic rings. The third-order valence-corrected chi connectivity index (χ3v) is 3.69. The Kier molecular flexibility index (Phi) is 3.38. The summed E-state index contributed by atoms with van der Waals surface area (Å²) in [5.41, 5.74) is 4.30. The molecular weight excluding hydrogens is 282 g/mol. The summed E-state index contributed by atoms with van der Waals surface area (Å²) in [6.45, 7) is 6.62. The minimum atomic E-state index is 0.161. The minimum absolute atomic E-state index is 0.161. The number of aromatic amines is 1. The third-order valence-electron chi connectivity index (χ3n) is 3.46. The first-order valence-electron chi connectivity index (χ1n) is 6.95. The van der Waals surface area contributed by atoms with Crippen LogP contribution in [0.3, 0.4) is 0 Å². The van der Waals surface area contributed by atoms with E-state index < -0.39 is 0 Å². The summed E-state index contributed by atoms with van der Waals surface area (Å²) in [6.07, 6.45) is 0. The lowest BCUT2D eigenvalue weighted by Crippen LogP contribution is -2.10. The molecule has 0 atom stereocenters. The molecule has 3 aromatic rings. The monoisotopic (exact) mass is 299 g/mol. The van der Waals surface area contributed by atoms with Gasteiger partial charge < -0.3 is 10.3 Å². The molecule has 2 N–H and O–H groups in total. The van der Waals surface area contributed by atoms with E-state index in [0.29, 0.717) is 5.02 Å². The molecule has 0 fully saturated rings. The Morgan fingerprint density at radius 1 is 1.05 bits per heavy atom. The highest BCUT2D eigenvalue weighted by Crippen LogP contribution is 2.25. The van der Waals surface area contributed by atoms with Crippen molar-refractivity contribution in [3.05, 3.63) is 53.1 Å². The zero-order chi connectivity index (χ0) is 15.0. The number of rotatable bonds is 2. The van der Waals surface area contributed by atoms with Crippen molar-refractivity contribution in [2.24, 2.45) is 0 Å². The second kappa shape index (κ2) is 5.08. The van der Waals surface area contributed by atoms with Crippen LogP contribution in [0, 0.1) is 0 Å². The van der Waals surface area contributed by atoms with Crippen LogP contribution in [0.2, 0.25) is 5.02 Å². The van der Waals surface area contributed by atoms with E-state index in [9.17, 15) is 0 Å². The first-order valence-corrected chi connectivity index (χ1v) is 7.32. The predicted octanol–water partition coefficient (Wildman–Crippen LogP) is 5.26. The second-order valence-electron chi connectivity index (χ2n) is 6.20. The molecule has 0 amide bonds. The van der Waals surface area contributed by atoms with Crippen molar-refractivity contribution >= 4 is 34.3 Å². The van der Waals surface area contributed by atoms with Crippen LogP contribution in [0.25, 0.3) is 11.0 Å². The molecule has 1 heterocycles. The molecule has 0 unspecified atom stereocenters. The summed E-state index contributed by atoms with van der Waals surface area (Å²) in [4.78, 5) is 7.72. The van der Waals surface area contributed by atoms with Gasteiger partial charge in [0.15, 0.2) is 0 Å². The highest BCUT2D eigenvalue weighted by Gasteiger charge is 2.13. The average molecular weight is 300 g/mol. The highest BCUT2D eigenvalue weighted by molar-refractivity contribution is 6.31. The Morgan fingerprint density at radius 3 is 2.43 bits per heavy atom. The van der Waals surface area contributed by atoms with Gasteiger partial charge in [-0.3, -0.25) is 0 Å². The maximum absolute atomic E-state index is 5.98. The fraction of sp³-hybridized carbons (Fsp3) is 0.235. The molecule has 1 aromatic heterocycles. The number of aromatic nitrogens is 2. The summed E-state index contributed by atoms with van der Waals surface area (Å²) in [5.74, 6) is 0.718. The lowest BCUT2D eigenvalue weighted by atomic mass is 9.87. The van der Waals surface area contributed by atoms with Gasteiger partial charge in [0.05, 0.1) is 11.0 Å². The van der Waals surface area contributed by atoms with Crippen LogP contribution in [-0.4, -0.2) is 9.97 Å². The molecule has 0 bridgehead atoms. The van der Waals surface area contributed by atoms with Gasteiger partial charge in [-0.2, -0.15) is 0 Å². The van der Waals surface area contributed by atoms with E-state index in [2.05, 4.69) is 60.3 Å². The molecule has 0 radical (unpaired) electrons. The van der Waals surface area contributed by atoms with Crippen molar-refractivity contribution in [3.63, 3.8) is 0 Å². The fourth-order valence-electron chi connectivity index (χ4n) is 2.23. The number of hydrogen-bond donors (Lipinski definition) is 2. The van der Waals surface area contributed by atoms with Crippen LogP contribution >= 0.6 is 11.6 Å². The van der Waals surface area contributed by atoms with Crippen LogP contribution in [0.1, 0.15) is 26.3 Å². The van der Waals surface area contributed by atoms with Crippen molar-refractivity contribution in [2.45, 2.75) is 26.2 Å². The summed E-state index contributed by atoms with van der Waals surface area (Å²) >= 11 is 5.98.